The summed E-state index contributed by atoms with van der Waals surface area (Å²) in [6, 6.07) is 13.6. The SMILES string of the molecule is CCc1c(C2(C)OCCO2)c2cc(Cl)ccc2n1S(=O)(=O)c1ccccc1. The third-order valence-electron chi connectivity index (χ3n) is 4.89. The lowest BCUT2D eigenvalue weighted by Crippen LogP contribution is -2.25. The lowest BCUT2D eigenvalue weighted by Gasteiger charge is -2.24. The molecular formula is C20H20ClNO4S. The summed E-state index contributed by atoms with van der Waals surface area (Å²) < 4.78 is 40.1. The monoisotopic (exact) mass is 405 g/mol. The van der Waals surface area contributed by atoms with E-state index in [2.05, 4.69) is 0 Å². The summed E-state index contributed by atoms with van der Waals surface area (Å²) in [5, 5.41) is 1.26. The smallest absolute Gasteiger partial charge is 0.268 e. The maximum Gasteiger partial charge on any atom is 0.268 e. The number of aromatic nitrogens is 1. The first-order valence-electron chi connectivity index (χ1n) is 8.80. The molecule has 1 aliphatic rings. The lowest BCUT2D eigenvalue weighted by atomic mass is 10.0. The Bertz CT molecular complexity index is 1100. The van der Waals surface area contributed by atoms with Gasteiger partial charge < -0.3 is 9.47 Å². The van der Waals surface area contributed by atoms with Gasteiger partial charge in [-0.05, 0) is 43.7 Å². The highest BCUT2D eigenvalue weighted by molar-refractivity contribution is 7.90. The molecule has 27 heavy (non-hydrogen) atoms. The summed E-state index contributed by atoms with van der Waals surface area (Å²) in [6.07, 6.45) is 0.496. The summed E-state index contributed by atoms with van der Waals surface area (Å²) >= 11 is 6.24. The van der Waals surface area contributed by atoms with Crippen LogP contribution in [0.5, 0.6) is 0 Å². The largest absolute Gasteiger partial charge is 0.344 e. The maximum absolute atomic E-state index is 13.5. The predicted molar refractivity (Wildman–Crippen MR) is 105 cm³/mol. The standard InChI is InChI=1S/C20H20ClNO4S/c1-3-17-19(20(2)25-11-12-26-20)16-13-14(21)9-10-18(16)22(17)27(23,24)15-7-5-4-6-8-15/h4-10,13H,3,11-12H2,1-2H3. The number of rotatable bonds is 4. The number of hydrogen-bond acceptors (Lipinski definition) is 4. The molecule has 1 aromatic heterocycles. The predicted octanol–water partition coefficient (Wildman–Crippen LogP) is 4.31. The van der Waals surface area contributed by atoms with Crippen LogP contribution in [0.15, 0.2) is 53.4 Å². The molecule has 0 amide bonds. The van der Waals surface area contributed by atoms with Gasteiger partial charge in [0.05, 0.1) is 23.6 Å². The highest BCUT2D eigenvalue weighted by Crippen LogP contribution is 2.42. The van der Waals surface area contributed by atoms with Gasteiger partial charge in [0.1, 0.15) is 0 Å². The molecule has 2 heterocycles. The van der Waals surface area contributed by atoms with E-state index in [-0.39, 0.29) is 4.90 Å². The van der Waals surface area contributed by atoms with Crippen LogP contribution in [-0.2, 0) is 31.7 Å². The fourth-order valence-corrected chi connectivity index (χ4v) is 5.56. The Kier molecular flexibility index (Phi) is 4.55. The van der Waals surface area contributed by atoms with Gasteiger partial charge in [-0.2, -0.15) is 0 Å². The lowest BCUT2D eigenvalue weighted by molar-refractivity contribution is -0.149. The van der Waals surface area contributed by atoms with E-state index in [9.17, 15) is 8.42 Å². The molecule has 1 fully saturated rings. The first kappa shape index (κ1) is 18.5. The zero-order valence-electron chi connectivity index (χ0n) is 15.1. The molecule has 1 aliphatic heterocycles. The topological polar surface area (TPSA) is 57.5 Å². The van der Waals surface area contributed by atoms with Crippen LogP contribution in [0.3, 0.4) is 0 Å². The Balaban J connectivity index is 2.10. The molecule has 2 aromatic carbocycles. The number of ether oxygens (including phenoxy) is 2. The van der Waals surface area contributed by atoms with Gasteiger partial charge in [-0.3, -0.25) is 0 Å². The van der Waals surface area contributed by atoms with Crippen molar-refractivity contribution in [1.82, 2.24) is 3.97 Å². The second kappa shape index (κ2) is 6.63. The fraction of sp³-hybridized carbons (Fsp3) is 0.300. The van der Waals surface area contributed by atoms with E-state index in [1.807, 2.05) is 13.8 Å². The molecule has 5 nitrogen and oxygen atoms in total. The molecule has 1 saturated heterocycles. The summed E-state index contributed by atoms with van der Waals surface area (Å²) in [5.74, 6) is -1.01. The Morgan fingerprint density at radius 1 is 1.11 bits per heavy atom. The van der Waals surface area contributed by atoms with Gasteiger partial charge in [-0.15, -0.1) is 0 Å². The molecule has 4 rings (SSSR count). The minimum Gasteiger partial charge on any atom is -0.344 e. The normalized spacial score (nSPS) is 16.9. The van der Waals surface area contributed by atoms with Crippen molar-refractivity contribution in [3.8, 4) is 0 Å². The Morgan fingerprint density at radius 2 is 1.78 bits per heavy atom. The second-order valence-corrected chi connectivity index (χ2v) is 8.78. The molecule has 0 atom stereocenters. The third kappa shape index (κ3) is 2.88. The maximum atomic E-state index is 13.5. The molecular weight excluding hydrogens is 386 g/mol. The average Bonchev–Trinajstić information content (AvgIpc) is 3.24. The van der Waals surface area contributed by atoms with Crippen molar-refractivity contribution in [2.24, 2.45) is 0 Å². The summed E-state index contributed by atoms with van der Waals surface area (Å²) in [7, 11) is -3.79. The van der Waals surface area contributed by atoms with Gasteiger partial charge in [0, 0.05) is 21.7 Å². The van der Waals surface area contributed by atoms with Gasteiger partial charge in [0.15, 0.2) is 5.79 Å². The first-order chi connectivity index (χ1) is 12.9. The molecule has 0 bridgehead atoms. The Labute approximate surface area is 163 Å². The van der Waals surface area contributed by atoms with E-state index in [0.717, 1.165) is 10.9 Å². The number of halogens is 1. The molecule has 0 aliphatic carbocycles. The van der Waals surface area contributed by atoms with Crippen molar-refractivity contribution >= 4 is 32.5 Å². The van der Waals surface area contributed by atoms with Gasteiger partial charge in [-0.25, -0.2) is 12.4 Å². The molecule has 0 saturated carbocycles. The van der Waals surface area contributed by atoms with Gasteiger partial charge in [0.25, 0.3) is 10.0 Å². The molecule has 0 spiro atoms. The zero-order valence-corrected chi connectivity index (χ0v) is 16.7. The molecule has 142 valence electrons. The van der Waals surface area contributed by atoms with Crippen molar-refractivity contribution in [2.75, 3.05) is 13.2 Å². The second-order valence-electron chi connectivity index (χ2n) is 6.56. The number of benzene rings is 2. The molecule has 0 N–H and O–H groups in total. The van der Waals surface area contributed by atoms with Crippen LogP contribution in [0.2, 0.25) is 5.02 Å². The molecule has 0 unspecified atom stereocenters. The third-order valence-corrected chi connectivity index (χ3v) is 6.89. The van der Waals surface area contributed by atoms with Crippen LogP contribution in [0.25, 0.3) is 10.9 Å². The van der Waals surface area contributed by atoms with Gasteiger partial charge in [0.2, 0.25) is 0 Å². The Hall–Kier alpha value is -1.86. The van der Waals surface area contributed by atoms with E-state index in [1.54, 1.807) is 48.5 Å². The molecule has 7 heteroatoms. The minimum absolute atomic E-state index is 0.233. The quantitative estimate of drug-likeness (QED) is 0.648. The van der Waals surface area contributed by atoms with E-state index in [4.69, 9.17) is 21.1 Å². The first-order valence-corrected chi connectivity index (χ1v) is 10.6. The molecule has 3 aromatic rings. The number of nitrogens with zero attached hydrogens (tertiary/aromatic N) is 1. The summed E-state index contributed by atoms with van der Waals surface area (Å²) in [4.78, 5) is 0.233. The van der Waals surface area contributed by atoms with E-state index < -0.39 is 15.8 Å². The summed E-state index contributed by atoms with van der Waals surface area (Å²) in [6.45, 7) is 4.67. The highest BCUT2D eigenvalue weighted by atomic mass is 35.5. The van der Waals surface area contributed by atoms with E-state index in [1.165, 1.54) is 3.97 Å². The van der Waals surface area contributed by atoms with Gasteiger partial charge in [-0.1, -0.05) is 36.7 Å². The number of fused-ring (bicyclic) bond motifs is 1. The van der Waals surface area contributed by atoms with Crippen LogP contribution in [-0.4, -0.2) is 25.6 Å². The Morgan fingerprint density at radius 3 is 2.41 bits per heavy atom. The van der Waals surface area contributed by atoms with Crippen LogP contribution >= 0.6 is 11.6 Å². The zero-order chi connectivity index (χ0) is 19.2. The van der Waals surface area contributed by atoms with Crippen molar-refractivity contribution in [3.05, 3.63) is 64.8 Å². The van der Waals surface area contributed by atoms with Crippen LogP contribution in [0.4, 0.5) is 0 Å². The van der Waals surface area contributed by atoms with E-state index in [0.29, 0.717) is 35.9 Å². The number of hydrogen-bond donors (Lipinski definition) is 0. The van der Waals surface area contributed by atoms with Crippen molar-refractivity contribution in [1.29, 1.82) is 0 Å². The minimum atomic E-state index is -3.79. The molecule has 0 radical (unpaired) electrons. The van der Waals surface area contributed by atoms with Crippen molar-refractivity contribution in [2.45, 2.75) is 31.0 Å². The van der Waals surface area contributed by atoms with E-state index >= 15 is 0 Å². The van der Waals surface area contributed by atoms with Crippen LogP contribution in [0.1, 0.15) is 25.1 Å². The van der Waals surface area contributed by atoms with Crippen molar-refractivity contribution < 1.29 is 17.9 Å². The average molecular weight is 406 g/mol. The van der Waals surface area contributed by atoms with Gasteiger partial charge >= 0.3 is 0 Å². The fourth-order valence-electron chi connectivity index (χ4n) is 3.75. The highest BCUT2D eigenvalue weighted by Gasteiger charge is 2.40. The van der Waals surface area contributed by atoms with Crippen LogP contribution < -0.4 is 0 Å². The summed E-state index contributed by atoms with van der Waals surface area (Å²) in [5.41, 5.74) is 1.93. The van der Waals surface area contributed by atoms with Crippen LogP contribution in [0, 0.1) is 0 Å². The van der Waals surface area contributed by atoms with Crippen molar-refractivity contribution in [3.63, 3.8) is 0 Å².